The molecule has 3 nitrogen and oxygen atoms in total. The summed E-state index contributed by atoms with van der Waals surface area (Å²) in [5, 5.41) is 17.5. The zero-order chi connectivity index (χ0) is 10.7. The largest absolute Gasteiger partial charge is 0.481 e. The lowest BCUT2D eigenvalue weighted by Crippen LogP contribution is -2.34. The van der Waals surface area contributed by atoms with E-state index in [1.165, 1.54) is 12.8 Å². The fraction of sp³-hybridized carbons (Fsp3) is 0.909. The van der Waals surface area contributed by atoms with E-state index in [1.54, 1.807) is 0 Å². The van der Waals surface area contributed by atoms with E-state index < -0.39 is 5.97 Å². The van der Waals surface area contributed by atoms with Gasteiger partial charge in [-0.3, -0.25) is 4.79 Å². The fourth-order valence-corrected chi connectivity index (χ4v) is 3.87. The van der Waals surface area contributed by atoms with Crippen molar-refractivity contribution in [3.05, 3.63) is 0 Å². The van der Waals surface area contributed by atoms with Crippen molar-refractivity contribution < 1.29 is 15.0 Å². The number of carboxylic acids is 1. The van der Waals surface area contributed by atoms with E-state index >= 15 is 0 Å². The molecule has 0 spiro atoms. The summed E-state index contributed by atoms with van der Waals surface area (Å²) in [4.78, 5) is 9.00. The number of hydrogen-bond acceptors (Lipinski definition) is 2. The maximum Gasteiger partial charge on any atom is 0.300 e. The highest BCUT2D eigenvalue weighted by atomic mass is 16.4. The minimum absolute atomic E-state index is 0.303. The molecule has 0 heterocycles. The summed E-state index contributed by atoms with van der Waals surface area (Å²) in [5.41, 5.74) is 0.0417. The van der Waals surface area contributed by atoms with Crippen molar-refractivity contribution in [2.24, 2.45) is 23.2 Å². The Morgan fingerprint density at radius 1 is 1.29 bits per heavy atom. The second kappa shape index (κ2) is 2.51. The van der Waals surface area contributed by atoms with Gasteiger partial charge < -0.3 is 10.2 Å². The van der Waals surface area contributed by atoms with Gasteiger partial charge in [0.25, 0.3) is 5.97 Å². The van der Waals surface area contributed by atoms with Gasteiger partial charge in [-0.25, -0.2) is 0 Å². The van der Waals surface area contributed by atoms with Gasteiger partial charge in [0, 0.05) is 12.3 Å². The van der Waals surface area contributed by atoms with Gasteiger partial charge in [-0.05, 0) is 37.5 Å². The molecule has 0 aromatic heterocycles. The monoisotopic (exact) mass is 198 g/mol. The van der Waals surface area contributed by atoms with Crippen LogP contribution in [-0.4, -0.2) is 21.8 Å². The Morgan fingerprint density at radius 2 is 1.64 bits per heavy atom. The molecular formula is C11H18O3. The Labute approximate surface area is 84.1 Å². The molecule has 4 rings (SSSR count). The fourth-order valence-electron chi connectivity index (χ4n) is 3.87. The van der Waals surface area contributed by atoms with Crippen LogP contribution in [0, 0.1) is 23.2 Å². The molecule has 4 bridgehead atoms. The molecule has 4 aliphatic rings. The predicted octanol–water partition coefficient (Wildman–Crippen LogP) is 1.50. The highest BCUT2D eigenvalue weighted by Crippen LogP contribution is 2.82. The van der Waals surface area contributed by atoms with Crippen LogP contribution >= 0.6 is 0 Å². The van der Waals surface area contributed by atoms with E-state index in [0.29, 0.717) is 11.3 Å². The zero-order valence-electron chi connectivity index (χ0n) is 8.95. The van der Waals surface area contributed by atoms with Crippen molar-refractivity contribution in [1.29, 1.82) is 0 Å². The molecule has 0 aliphatic heterocycles. The van der Waals surface area contributed by atoms with E-state index in [0.717, 1.165) is 18.8 Å². The Hall–Kier alpha value is -0.570. The molecule has 14 heavy (non-hydrogen) atoms. The van der Waals surface area contributed by atoms with E-state index in [4.69, 9.17) is 9.90 Å². The summed E-state index contributed by atoms with van der Waals surface area (Å²) in [6.45, 7) is 5.40. The first-order valence-corrected chi connectivity index (χ1v) is 5.23. The Balaban J connectivity index is 0.000000165. The van der Waals surface area contributed by atoms with Crippen LogP contribution in [0.3, 0.4) is 0 Å². The lowest BCUT2D eigenvalue weighted by Gasteiger charge is -2.27. The molecule has 80 valence electrons. The van der Waals surface area contributed by atoms with Gasteiger partial charge in [0.15, 0.2) is 0 Å². The number of aliphatic carboxylic acids is 1. The molecule has 0 radical (unpaired) electrons. The van der Waals surface area contributed by atoms with E-state index in [1.807, 2.05) is 6.92 Å². The molecule has 0 amide bonds. The number of carboxylic acid groups (broad SMARTS) is 1. The minimum atomic E-state index is -0.833. The Bertz CT molecular complexity index is 264. The van der Waals surface area contributed by atoms with Gasteiger partial charge in [-0.1, -0.05) is 6.92 Å². The third kappa shape index (κ3) is 0.937. The highest BCUT2D eigenvalue weighted by Gasteiger charge is 2.81. The summed E-state index contributed by atoms with van der Waals surface area (Å²) < 4.78 is 0. The van der Waals surface area contributed by atoms with Gasteiger partial charge in [-0.15, -0.1) is 0 Å². The van der Waals surface area contributed by atoms with E-state index in [2.05, 4.69) is 6.92 Å². The van der Waals surface area contributed by atoms with Gasteiger partial charge >= 0.3 is 0 Å². The smallest absolute Gasteiger partial charge is 0.300 e. The van der Waals surface area contributed by atoms with Crippen molar-refractivity contribution in [2.75, 3.05) is 0 Å². The van der Waals surface area contributed by atoms with Crippen LogP contribution in [-0.2, 0) is 4.79 Å². The first-order valence-electron chi connectivity index (χ1n) is 5.23. The molecule has 0 aromatic carbocycles. The molecule has 4 saturated carbocycles. The van der Waals surface area contributed by atoms with Crippen LogP contribution in [0.1, 0.15) is 33.6 Å². The van der Waals surface area contributed by atoms with Crippen LogP contribution in [0.25, 0.3) is 0 Å². The van der Waals surface area contributed by atoms with Crippen LogP contribution < -0.4 is 0 Å². The predicted molar refractivity (Wildman–Crippen MR) is 51.7 cm³/mol. The SMILES string of the molecule is CC(=O)O.CC1(O)C2CC3C(C2)C31C. The summed E-state index contributed by atoms with van der Waals surface area (Å²) in [6.07, 6.45) is 2.63. The molecule has 3 unspecified atom stereocenters. The molecular weight excluding hydrogens is 180 g/mol. The molecule has 2 N–H and O–H groups in total. The Kier molecular flexibility index (Phi) is 1.79. The van der Waals surface area contributed by atoms with Crippen LogP contribution in [0.2, 0.25) is 0 Å². The van der Waals surface area contributed by atoms with Crippen LogP contribution in [0.5, 0.6) is 0 Å². The topological polar surface area (TPSA) is 57.5 Å². The maximum absolute atomic E-state index is 10.1. The van der Waals surface area contributed by atoms with Crippen LogP contribution in [0.4, 0.5) is 0 Å². The van der Waals surface area contributed by atoms with Crippen molar-refractivity contribution in [2.45, 2.75) is 39.2 Å². The summed E-state index contributed by atoms with van der Waals surface area (Å²) >= 11 is 0. The normalized spacial score (nSPS) is 56.4. The zero-order valence-corrected chi connectivity index (χ0v) is 8.95. The number of carbonyl (C=O) groups is 1. The molecule has 3 atom stereocenters. The first-order chi connectivity index (χ1) is 6.31. The maximum atomic E-state index is 10.1. The highest BCUT2D eigenvalue weighted by molar-refractivity contribution is 5.62. The average molecular weight is 198 g/mol. The summed E-state index contributed by atoms with van der Waals surface area (Å²) in [7, 11) is 0. The second-order valence-corrected chi connectivity index (χ2v) is 5.33. The molecule has 3 heteroatoms. The number of aliphatic hydroxyl groups is 1. The standard InChI is InChI=1S/C9H14O.C2H4O2/c1-8-6-3-5(4-7(6)8)9(8,2)10;1-2(3)4/h5-7,10H,3-4H2,1-2H3;1H3,(H,3,4). The van der Waals surface area contributed by atoms with E-state index in [-0.39, 0.29) is 5.60 Å². The third-order valence-electron chi connectivity index (χ3n) is 4.88. The number of hydrogen-bond donors (Lipinski definition) is 2. The summed E-state index contributed by atoms with van der Waals surface area (Å²) in [5.74, 6) is 1.60. The lowest BCUT2D eigenvalue weighted by molar-refractivity contribution is -0.134. The Morgan fingerprint density at radius 3 is 1.71 bits per heavy atom. The van der Waals surface area contributed by atoms with Crippen molar-refractivity contribution in [3.63, 3.8) is 0 Å². The van der Waals surface area contributed by atoms with Crippen molar-refractivity contribution >= 4 is 5.97 Å². The quantitative estimate of drug-likeness (QED) is 0.620. The molecule has 4 aliphatic carbocycles. The number of rotatable bonds is 0. The molecule has 4 fully saturated rings. The third-order valence-corrected chi connectivity index (χ3v) is 4.88. The van der Waals surface area contributed by atoms with Gasteiger partial charge in [-0.2, -0.15) is 0 Å². The summed E-state index contributed by atoms with van der Waals surface area (Å²) in [6, 6.07) is 0. The van der Waals surface area contributed by atoms with Crippen molar-refractivity contribution in [1.82, 2.24) is 0 Å². The van der Waals surface area contributed by atoms with Crippen molar-refractivity contribution in [3.8, 4) is 0 Å². The van der Waals surface area contributed by atoms with Crippen LogP contribution in [0.15, 0.2) is 0 Å². The lowest BCUT2D eigenvalue weighted by atomic mass is 9.87. The molecule has 0 saturated heterocycles. The molecule has 0 aromatic rings. The minimum Gasteiger partial charge on any atom is -0.481 e. The first kappa shape index (κ1) is 9.97. The van der Waals surface area contributed by atoms with Gasteiger partial charge in [0.1, 0.15) is 0 Å². The average Bonchev–Trinajstić information content (AvgIpc) is 2.41. The van der Waals surface area contributed by atoms with E-state index in [9.17, 15) is 5.11 Å². The second-order valence-electron chi connectivity index (χ2n) is 5.33. The van der Waals surface area contributed by atoms with Gasteiger partial charge in [0.2, 0.25) is 0 Å². The van der Waals surface area contributed by atoms with Gasteiger partial charge in [0.05, 0.1) is 5.60 Å².